The number of likely N-dealkylation sites (N-methyl/N-ethyl adjacent to an activating group) is 1. The molecule has 1 atom stereocenters. The maximum Gasteiger partial charge on any atom is 0.268 e. The number of amides is 2. The van der Waals surface area contributed by atoms with Gasteiger partial charge in [-0.1, -0.05) is 30.3 Å². The summed E-state index contributed by atoms with van der Waals surface area (Å²) in [6.45, 7) is 4.47. The van der Waals surface area contributed by atoms with Crippen LogP contribution in [0.25, 0.3) is 0 Å². The normalized spacial score (nSPS) is 15.7. The molecule has 6 nitrogen and oxygen atoms in total. The van der Waals surface area contributed by atoms with E-state index < -0.39 is 6.10 Å². The molecular formula is C21H24N2O4. The lowest BCUT2D eigenvalue weighted by Crippen LogP contribution is -2.49. The lowest BCUT2D eigenvalue weighted by molar-refractivity contribution is -0.132. The molecule has 1 aliphatic heterocycles. The van der Waals surface area contributed by atoms with Crippen molar-refractivity contribution in [2.24, 2.45) is 0 Å². The van der Waals surface area contributed by atoms with Gasteiger partial charge in [-0.3, -0.25) is 14.5 Å². The zero-order valence-electron chi connectivity index (χ0n) is 15.8. The number of fused-ring (bicyclic) bond motifs is 1. The summed E-state index contributed by atoms with van der Waals surface area (Å²) in [5.41, 5.74) is 1.68. The Kier molecular flexibility index (Phi) is 5.64. The monoisotopic (exact) mass is 368 g/mol. The maximum atomic E-state index is 12.6. The van der Waals surface area contributed by atoms with Crippen LogP contribution in [0.2, 0.25) is 0 Å². The third-order valence-electron chi connectivity index (χ3n) is 4.57. The SMILES string of the molecule is Cc1ccccc1OCCN(C)C(=O)CN1C(=O)C(C)Oc2ccccc21. The van der Waals surface area contributed by atoms with Crippen molar-refractivity contribution >= 4 is 17.5 Å². The largest absolute Gasteiger partial charge is 0.491 e. The van der Waals surface area contributed by atoms with Crippen LogP contribution in [0.15, 0.2) is 48.5 Å². The Morgan fingerprint density at radius 3 is 2.67 bits per heavy atom. The molecule has 27 heavy (non-hydrogen) atoms. The van der Waals surface area contributed by atoms with Crippen LogP contribution >= 0.6 is 0 Å². The number of nitrogens with zero attached hydrogens (tertiary/aromatic N) is 2. The molecule has 1 unspecified atom stereocenters. The molecule has 2 amide bonds. The number of carbonyl (C=O) groups is 2. The molecule has 2 aromatic carbocycles. The van der Waals surface area contributed by atoms with Crippen LogP contribution in [0, 0.1) is 6.92 Å². The highest BCUT2D eigenvalue weighted by molar-refractivity contribution is 6.03. The van der Waals surface area contributed by atoms with Crippen molar-refractivity contribution in [1.82, 2.24) is 4.90 Å². The summed E-state index contributed by atoms with van der Waals surface area (Å²) in [4.78, 5) is 28.2. The highest BCUT2D eigenvalue weighted by Crippen LogP contribution is 2.33. The second-order valence-electron chi connectivity index (χ2n) is 6.58. The molecule has 0 aromatic heterocycles. The number of hydrogen-bond donors (Lipinski definition) is 0. The molecule has 0 saturated carbocycles. The summed E-state index contributed by atoms with van der Waals surface area (Å²) < 4.78 is 11.4. The average Bonchev–Trinajstić information content (AvgIpc) is 2.66. The Hall–Kier alpha value is -3.02. The van der Waals surface area contributed by atoms with E-state index >= 15 is 0 Å². The van der Waals surface area contributed by atoms with Gasteiger partial charge in [0.25, 0.3) is 5.91 Å². The molecule has 0 saturated heterocycles. The zero-order valence-corrected chi connectivity index (χ0v) is 15.8. The molecule has 1 heterocycles. The van der Waals surface area contributed by atoms with E-state index in [0.29, 0.717) is 24.6 Å². The van der Waals surface area contributed by atoms with Gasteiger partial charge in [-0.05, 0) is 37.6 Å². The first-order chi connectivity index (χ1) is 13.0. The van der Waals surface area contributed by atoms with Crippen LogP contribution < -0.4 is 14.4 Å². The first kappa shape index (κ1) is 18.8. The predicted octanol–water partition coefficient (Wildman–Crippen LogP) is 2.65. The first-order valence-corrected chi connectivity index (χ1v) is 8.97. The topological polar surface area (TPSA) is 59.1 Å². The van der Waals surface area contributed by atoms with Gasteiger partial charge in [-0.25, -0.2) is 0 Å². The summed E-state index contributed by atoms with van der Waals surface area (Å²) in [5.74, 6) is 1.06. The summed E-state index contributed by atoms with van der Waals surface area (Å²) in [7, 11) is 1.71. The van der Waals surface area contributed by atoms with E-state index in [1.807, 2.05) is 43.3 Å². The van der Waals surface area contributed by atoms with E-state index in [9.17, 15) is 9.59 Å². The number of carbonyl (C=O) groups excluding carboxylic acids is 2. The number of para-hydroxylation sites is 3. The molecule has 0 bridgehead atoms. The molecule has 142 valence electrons. The van der Waals surface area contributed by atoms with Gasteiger partial charge in [-0.2, -0.15) is 0 Å². The highest BCUT2D eigenvalue weighted by atomic mass is 16.5. The number of rotatable bonds is 6. The van der Waals surface area contributed by atoms with Gasteiger partial charge in [-0.15, -0.1) is 0 Å². The first-order valence-electron chi connectivity index (χ1n) is 8.97. The second kappa shape index (κ2) is 8.12. The minimum absolute atomic E-state index is 0.0234. The van der Waals surface area contributed by atoms with Crippen LogP contribution in [-0.4, -0.2) is 49.6 Å². The smallest absolute Gasteiger partial charge is 0.268 e. The molecular weight excluding hydrogens is 344 g/mol. The van der Waals surface area contributed by atoms with Crippen molar-refractivity contribution in [1.29, 1.82) is 0 Å². The van der Waals surface area contributed by atoms with E-state index in [0.717, 1.165) is 11.3 Å². The van der Waals surface area contributed by atoms with E-state index in [1.54, 1.807) is 31.0 Å². The zero-order chi connectivity index (χ0) is 19.4. The summed E-state index contributed by atoms with van der Waals surface area (Å²) in [6.07, 6.45) is -0.609. The van der Waals surface area contributed by atoms with Gasteiger partial charge < -0.3 is 14.4 Å². The number of benzene rings is 2. The summed E-state index contributed by atoms with van der Waals surface area (Å²) in [5, 5.41) is 0. The van der Waals surface area contributed by atoms with Gasteiger partial charge >= 0.3 is 0 Å². The molecule has 6 heteroatoms. The molecule has 0 fully saturated rings. The van der Waals surface area contributed by atoms with Crippen LogP contribution in [-0.2, 0) is 9.59 Å². The molecule has 0 radical (unpaired) electrons. The molecule has 3 rings (SSSR count). The standard InChI is InChI=1S/C21H24N2O4/c1-15-8-4-6-10-18(15)26-13-12-22(3)20(24)14-23-17-9-5-7-11-19(17)27-16(2)21(23)25/h4-11,16H,12-14H2,1-3H3. The quantitative estimate of drug-likeness (QED) is 0.787. The van der Waals surface area contributed by atoms with Crippen molar-refractivity contribution in [3.05, 3.63) is 54.1 Å². The molecule has 0 aliphatic carbocycles. The number of aryl methyl sites for hydroxylation is 1. The minimum atomic E-state index is -0.609. The van der Waals surface area contributed by atoms with E-state index in [1.165, 1.54) is 4.90 Å². The van der Waals surface area contributed by atoms with Crippen molar-refractivity contribution in [3.8, 4) is 11.5 Å². The third kappa shape index (κ3) is 4.22. The number of hydrogen-bond acceptors (Lipinski definition) is 4. The van der Waals surface area contributed by atoms with Gasteiger partial charge in [0.05, 0.1) is 12.2 Å². The van der Waals surface area contributed by atoms with Crippen molar-refractivity contribution in [2.45, 2.75) is 20.0 Å². The molecule has 0 N–H and O–H groups in total. The fourth-order valence-corrected chi connectivity index (χ4v) is 2.91. The van der Waals surface area contributed by atoms with Crippen LogP contribution in [0.1, 0.15) is 12.5 Å². The van der Waals surface area contributed by atoms with Crippen molar-refractivity contribution in [3.63, 3.8) is 0 Å². The van der Waals surface area contributed by atoms with Crippen LogP contribution in [0.5, 0.6) is 11.5 Å². The fourth-order valence-electron chi connectivity index (χ4n) is 2.91. The number of ether oxygens (including phenoxy) is 2. The van der Waals surface area contributed by atoms with Gasteiger partial charge in [0.15, 0.2) is 6.10 Å². The van der Waals surface area contributed by atoms with Crippen molar-refractivity contribution < 1.29 is 19.1 Å². The Morgan fingerprint density at radius 2 is 1.89 bits per heavy atom. The Labute approximate surface area is 159 Å². The Bertz CT molecular complexity index is 836. The highest BCUT2D eigenvalue weighted by Gasteiger charge is 2.32. The van der Waals surface area contributed by atoms with Crippen LogP contribution in [0.3, 0.4) is 0 Å². The van der Waals surface area contributed by atoms with Gasteiger partial charge in [0, 0.05) is 7.05 Å². The predicted molar refractivity (Wildman–Crippen MR) is 103 cm³/mol. The average molecular weight is 368 g/mol. The second-order valence-corrected chi connectivity index (χ2v) is 6.58. The van der Waals surface area contributed by atoms with E-state index in [-0.39, 0.29) is 18.4 Å². The minimum Gasteiger partial charge on any atom is -0.491 e. The lowest BCUT2D eigenvalue weighted by Gasteiger charge is -2.33. The van der Waals surface area contributed by atoms with Gasteiger partial charge in [0.2, 0.25) is 5.91 Å². The third-order valence-corrected chi connectivity index (χ3v) is 4.57. The molecule has 0 spiro atoms. The Morgan fingerprint density at radius 1 is 1.19 bits per heavy atom. The summed E-state index contributed by atoms with van der Waals surface area (Å²) >= 11 is 0. The maximum absolute atomic E-state index is 12.6. The molecule has 1 aliphatic rings. The number of anilines is 1. The molecule has 2 aromatic rings. The lowest BCUT2D eigenvalue weighted by atomic mass is 10.2. The fraction of sp³-hybridized carbons (Fsp3) is 0.333. The van der Waals surface area contributed by atoms with E-state index in [4.69, 9.17) is 9.47 Å². The Balaban J connectivity index is 1.59. The van der Waals surface area contributed by atoms with Crippen LogP contribution in [0.4, 0.5) is 5.69 Å². The van der Waals surface area contributed by atoms with Gasteiger partial charge in [0.1, 0.15) is 24.7 Å². The van der Waals surface area contributed by atoms with E-state index in [2.05, 4.69) is 0 Å². The summed E-state index contributed by atoms with van der Waals surface area (Å²) in [6, 6.07) is 15.0. The van der Waals surface area contributed by atoms with Crippen molar-refractivity contribution in [2.75, 3.05) is 31.6 Å².